The van der Waals surface area contributed by atoms with Crippen molar-refractivity contribution < 1.29 is 24.5 Å². The zero-order valence-corrected chi connectivity index (χ0v) is 8.43. The summed E-state index contributed by atoms with van der Waals surface area (Å²) in [5, 5.41) is 7.56. The molecule has 1 aromatic rings. The quantitative estimate of drug-likeness (QED) is 0.454. The molecule has 3 N–H and O–H groups in total. The van der Waals surface area contributed by atoms with Gasteiger partial charge in [-0.2, -0.15) is 0 Å². The molecule has 0 amide bonds. The molecule has 0 spiro atoms. The number of phenolic OH excluding ortho intramolecular Hbond substituents is 1. The summed E-state index contributed by atoms with van der Waals surface area (Å²) in [7, 11) is -9.86. The Labute approximate surface area is 86.2 Å². The molecule has 0 atom stereocenters. The van der Waals surface area contributed by atoms with Crippen molar-refractivity contribution >= 4 is 27.5 Å². The van der Waals surface area contributed by atoms with Crippen molar-refractivity contribution in [3.63, 3.8) is 0 Å². The zero-order chi connectivity index (χ0) is 12.1. The van der Waals surface area contributed by atoms with Gasteiger partial charge in [-0.15, -0.1) is 0 Å². The minimum atomic E-state index is -9.86. The highest BCUT2D eigenvalue weighted by molar-refractivity contribution is 8.45. The number of hydrogen-bond acceptors (Lipinski definition) is 2. The molecule has 1 aromatic carbocycles. The SMILES string of the molecule is Nc1cc(S(F)(F)(F)(F)F)c(Cl)cc1O. The largest absolute Gasteiger partial charge is 0.506 e. The highest BCUT2D eigenvalue weighted by Crippen LogP contribution is 3.02. The fourth-order valence-electron chi connectivity index (χ4n) is 0.854. The molecule has 0 radical (unpaired) electrons. The second kappa shape index (κ2) is 2.43. The Kier molecular flexibility index (Phi) is 1.98. The van der Waals surface area contributed by atoms with Crippen molar-refractivity contribution in [2.75, 3.05) is 5.73 Å². The van der Waals surface area contributed by atoms with E-state index in [1.54, 1.807) is 0 Å². The first-order valence-corrected chi connectivity index (χ1v) is 5.66. The molecule has 0 bridgehead atoms. The van der Waals surface area contributed by atoms with Gasteiger partial charge in [0.2, 0.25) is 0 Å². The molecular weight excluding hydrogens is 265 g/mol. The highest BCUT2D eigenvalue weighted by atomic mass is 35.5. The van der Waals surface area contributed by atoms with Crippen LogP contribution in [0.4, 0.5) is 25.1 Å². The monoisotopic (exact) mass is 269 g/mol. The van der Waals surface area contributed by atoms with Crippen LogP contribution in [0.3, 0.4) is 0 Å². The van der Waals surface area contributed by atoms with Crippen LogP contribution < -0.4 is 5.73 Å². The predicted octanol–water partition coefficient (Wildman–Crippen LogP) is 4.29. The summed E-state index contributed by atoms with van der Waals surface area (Å²) in [6, 6.07) is 0.239. The van der Waals surface area contributed by atoms with Gasteiger partial charge in [0.25, 0.3) is 0 Å². The van der Waals surface area contributed by atoms with Crippen LogP contribution in [0, 0.1) is 0 Å². The van der Waals surface area contributed by atoms with E-state index in [2.05, 4.69) is 0 Å². The smallest absolute Gasteiger partial charge is 0.311 e. The molecule has 0 aromatic heterocycles. The molecule has 88 valence electrons. The molecule has 9 heteroatoms. The lowest BCUT2D eigenvalue weighted by atomic mass is 10.3. The average Bonchev–Trinajstić information content (AvgIpc) is 1.91. The van der Waals surface area contributed by atoms with Crippen molar-refractivity contribution in [2.24, 2.45) is 0 Å². The number of anilines is 1. The Balaban J connectivity index is 3.62. The maximum atomic E-state index is 12.3. The molecule has 2 nitrogen and oxygen atoms in total. The summed E-state index contributed by atoms with van der Waals surface area (Å²) < 4.78 is 61.5. The molecule has 1 rings (SSSR count). The van der Waals surface area contributed by atoms with Crippen molar-refractivity contribution in [1.82, 2.24) is 0 Å². The minimum Gasteiger partial charge on any atom is -0.506 e. The number of rotatable bonds is 1. The number of nitrogens with two attached hydrogens (primary N) is 1. The summed E-state index contributed by atoms with van der Waals surface area (Å²) >= 11 is 4.98. The van der Waals surface area contributed by atoms with Crippen LogP contribution in [0.1, 0.15) is 0 Å². The van der Waals surface area contributed by atoms with Crippen LogP contribution in [0.25, 0.3) is 0 Å². The number of aromatic hydroxyl groups is 1. The topological polar surface area (TPSA) is 46.2 Å². The Morgan fingerprint density at radius 2 is 1.60 bits per heavy atom. The number of benzene rings is 1. The molecule has 0 saturated heterocycles. The Morgan fingerprint density at radius 3 is 2.00 bits per heavy atom. The van der Waals surface area contributed by atoms with E-state index in [1.807, 2.05) is 0 Å². The van der Waals surface area contributed by atoms with Crippen LogP contribution in [0.2, 0.25) is 5.02 Å². The van der Waals surface area contributed by atoms with E-state index in [1.165, 1.54) is 0 Å². The number of nitrogen functional groups attached to an aromatic ring is 1. The summed E-state index contributed by atoms with van der Waals surface area (Å²) in [4.78, 5) is -2.30. The van der Waals surface area contributed by atoms with Gasteiger partial charge < -0.3 is 10.8 Å². The standard InChI is InChI=1S/C6H5ClF5NOS/c7-3-1-5(14)4(13)2-6(3)15(8,9,10,11)12/h1-2,14H,13H2. The van der Waals surface area contributed by atoms with Gasteiger partial charge in [-0.1, -0.05) is 31.0 Å². The summed E-state index contributed by atoms with van der Waals surface area (Å²) in [5.41, 5.74) is 4.06. The molecule has 0 unspecified atom stereocenters. The van der Waals surface area contributed by atoms with Crippen molar-refractivity contribution in [3.05, 3.63) is 17.2 Å². The third kappa shape index (κ3) is 2.57. The first-order valence-electron chi connectivity index (χ1n) is 3.33. The van der Waals surface area contributed by atoms with Crippen LogP contribution in [0.15, 0.2) is 17.0 Å². The lowest BCUT2D eigenvalue weighted by Gasteiger charge is -2.41. The maximum Gasteiger partial charge on any atom is 0.311 e. The Bertz CT molecular complexity index is 430. The molecule has 0 fully saturated rings. The van der Waals surface area contributed by atoms with E-state index < -0.39 is 31.6 Å². The Hall–Kier alpha value is -0.890. The second-order valence-electron chi connectivity index (χ2n) is 2.81. The van der Waals surface area contributed by atoms with E-state index in [0.717, 1.165) is 0 Å². The second-order valence-corrected chi connectivity index (χ2v) is 5.60. The van der Waals surface area contributed by atoms with Crippen molar-refractivity contribution in [3.8, 4) is 5.75 Å². The summed E-state index contributed by atoms with van der Waals surface area (Å²) in [6.45, 7) is 0. The van der Waals surface area contributed by atoms with Crippen molar-refractivity contribution in [1.29, 1.82) is 0 Å². The van der Waals surface area contributed by atoms with Gasteiger partial charge in [0.05, 0.1) is 10.7 Å². The van der Waals surface area contributed by atoms with Crippen LogP contribution in [-0.4, -0.2) is 5.11 Å². The lowest BCUT2D eigenvalue weighted by Crippen LogP contribution is -2.07. The van der Waals surface area contributed by atoms with Crippen LogP contribution >= 0.6 is 21.8 Å². The normalized spacial score (nSPS) is 16.9. The molecular formula is C6H5ClF5NOS. The fraction of sp³-hybridized carbons (Fsp3) is 0. The number of halogens is 6. The third-order valence-corrected chi connectivity index (χ3v) is 3.09. The van der Waals surface area contributed by atoms with E-state index in [0.29, 0.717) is 6.07 Å². The first kappa shape index (κ1) is 12.2. The first-order chi connectivity index (χ1) is 6.31. The van der Waals surface area contributed by atoms with E-state index >= 15 is 0 Å². The molecule has 15 heavy (non-hydrogen) atoms. The molecule has 0 aliphatic carbocycles. The van der Waals surface area contributed by atoms with Crippen LogP contribution in [-0.2, 0) is 0 Å². The lowest BCUT2D eigenvalue weighted by molar-refractivity contribution is 0.364. The van der Waals surface area contributed by atoms with Gasteiger partial charge in [-0.05, 0) is 6.07 Å². The van der Waals surface area contributed by atoms with Crippen LogP contribution in [0.5, 0.6) is 5.75 Å². The van der Waals surface area contributed by atoms with Gasteiger partial charge in [0.15, 0.2) is 0 Å². The zero-order valence-electron chi connectivity index (χ0n) is 6.86. The fourth-order valence-corrected chi connectivity index (χ4v) is 2.23. The van der Waals surface area contributed by atoms with Gasteiger partial charge in [0.1, 0.15) is 10.6 Å². The summed E-state index contributed by atoms with van der Waals surface area (Å²) in [5.74, 6) is -0.786. The highest BCUT2D eigenvalue weighted by Gasteiger charge is 2.66. The number of hydrogen-bond donors (Lipinski definition) is 2. The molecule has 0 aliphatic heterocycles. The van der Waals surface area contributed by atoms with E-state index in [-0.39, 0.29) is 6.07 Å². The average molecular weight is 270 g/mol. The number of phenols is 1. The Morgan fingerprint density at radius 1 is 1.13 bits per heavy atom. The molecule has 0 heterocycles. The van der Waals surface area contributed by atoms with Gasteiger partial charge in [-0.3, -0.25) is 0 Å². The summed E-state index contributed by atoms with van der Waals surface area (Å²) in [6.07, 6.45) is 0. The maximum absolute atomic E-state index is 12.3. The minimum absolute atomic E-state index is 0.0841. The van der Waals surface area contributed by atoms with Gasteiger partial charge in [-0.25, -0.2) is 0 Å². The van der Waals surface area contributed by atoms with E-state index in [9.17, 15) is 19.4 Å². The van der Waals surface area contributed by atoms with E-state index in [4.69, 9.17) is 22.4 Å². The molecule has 0 saturated carbocycles. The predicted molar refractivity (Wildman–Crippen MR) is 48.9 cm³/mol. The van der Waals surface area contributed by atoms with Gasteiger partial charge in [0, 0.05) is 6.07 Å². The van der Waals surface area contributed by atoms with Crippen molar-refractivity contribution in [2.45, 2.75) is 4.90 Å². The third-order valence-electron chi connectivity index (χ3n) is 1.50. The molecule has 0 aliphatic rings. The van der Waals surface area contributed by atoms with Gasteiger partial charge >= 0.3 is 10.2 Å².